The van der Waals surface area contributed by atoms with Crippen LogP contribution in [-0.2, 0) is 4.79 Å². The molecule has 1 saturated heterocycles. The van der Waals surface area contributed by atoms with E-state index in [-0.39, 0.29) is 5.78 Å². The number of hydrogen-bond acceptors (Lipinski definition) is 6. The predicted octanol–water partition coefficient (Wildman–Crippen LogP) is 4.24. The third kappa shape index (κ3) is 4.65. The van der Waals surface area contributed by atoms with E-state index in [0.717, 1.165) is 22.3 Å². The summed E-state index contributed by atoms with van der Waals surface area (Å²) in [6.45, 7) is 1.31. The Balaban J connectivity index is 1.68. The molecule has 6 heteroatoms. The minimum absolute atomic E-state index is 0.0754. The minimum atomic E-state index is 0.0754. The summed E-state index contributed by atoms with van der Waals surface area (Å²) in [6, 6.07) is 11.9. The van der Waals surface area contributed by atoms with Crippen molar-refractivity contribution in [2.45, 2.75) is 18.9 Å². The van der Waals surface area contributed by atoms with Crippen molar-refractivity contribution in [3.8, 4) is 23.0 Å². The van der Waals surface area contributed by atoms with Crippen LogP contribution in [0.5, 0.6) is 23.0 Å². The Morgan fingerprint density at radius 3 is 1.53 bits per heavy atom. The lowest BCUT2D eigenvalue weighted by Crippen LogP contribution is -2.39. The van der Waals surface area contributed by atoms with Crippen molar-refractivity contribution in [2.75, 3.05) is 41.5 Å². The normalized spacial score (nSPS) is 19.3. The van der Waals surface area contributed by atoms with E-state index in [1.54, 1.807) is 28.4 Å². The van der Waals surface area contributed by atoms with Gasteiger partial charge in [0.15, 0.2) is 28.8 Å². The average Bonchev–Trinajstić information content (AvgIpc) is 3.66. The van der Waals surface area contributed by atoms with E-state index in [0.29, 0.717) is 42.1 Å². The van der Waals surface area contributed by atoms with Crippen molar-refractivity contribution in [3.63, 3.8) is 0 Å². The molecule has 0 aromatic heterocycles. The van der Waals surface area contributed by atoms with Gasteiger partial charge in [0.25, 0.3) is 0 Å². The van der Waals surface area contributed by atoms with Gasteiger partial charge < -0.3 is 18.9 Å². The molecule has 2 aliphatic rings. The van der Waals surface area contributed by atoms with Crippen LogP contribution in [0.4, 0.5) is 0 Å². The second-order valence-corrected chi connectivity index (χ2v) is 8.03. The lowest BCUT2D eigenvalue weighted by Gasteiger charge is -2.29. The summed E-state index contributed by atoms with van der Waals surface area (Å²) in [5.74, 6) is 2.69. The molecule has 0 atom stereocenters. The molecule has 1 saturated carbocycles. The molecule has 2 fully saturated rings. The Morgan fingerprint density at radius 1 is 0.719 bits per heavy atom. The van der Waals surface area contributed by atoms with Crippen LogP contribution in [0.1, 0.15) is 24.0 Å². The van der Waals surface area contributed by atoms with E-state index in [2.05, 4.69) is 4.90 Å². The van der Waals surface area contributed by atoms with Gasteiger partial charge >= 0.3 is 0 Å². The molecule has 1 aliphatic carbocycles. The number of benzene rings is 2. The lowest BCUT2D eigenvalue weighted by atomic mass is 9.94. The second kappa shape index (κ2) is 9.49. The number of methoxy groups -OCH3 is 4. The van der Waals surface area contributed by atoms with Crippen LogP contribution < -0.4 is 18.9 Å². The number of Topliss-reactive ketones (excluding diaryl/α,β-unsaturated/α-hetero) is 1. The van der Waals surface area contributed by atoms with E-state index in [9.17, 15) is 4.79 Å². The number of nitrogens with zero attached hydrogens (tertiary/aromatic N) is 1. The first-order valence-electron chi connectivity index (χ1n) is 10.7. The Hall–Kier alpha value is -3.25. The van der Waals surface area contributed by atoms with Crippen molar-refractivity contribution in [1.82, 2.24) is 4.90 Å². The molecule has 168 valence electrons. The van der Waals surface area contributed by atoms with Crippen molar-refractivity contribution >= 4 is 17.9 Å². The molecule has 0 amide bonds. The monoisotopic (exact) mass is 435 g/mol. The van der Waals surface area contributed by atoms with Crippen molar-refractivity contribution in [2.24, 2.45) is 0 Å². The molecule has 6 nitrogen and oxygen atoms in total. The molecule has 0 unspecified atom stereocenters. The van der Waals surface area contributed by atoms with Crippen molar-refractivity contribution in [3.05, 3.63) is 58.7 Å². The molecule has 1 heterocycles. The fraction of sp³-hybridized carbons (Fsp3) is 0.346. The van der Waals surface area contributed by atoms with Gasteiger partial charge in [-0.1, -0.05) is 12.1 Å². The van der Waals surface area contributed by atoms with Gasteiger partial charge in [-0.05, 0) is 60.4 Å². The summed E-state index contributed by atoms with van der Waals surface area (Å²) in [6.07, 6.45) is 6.28. The summed E-state index contributed by atoms with van der Waals surface area (Å²) in [5.41, 5.74) is 3.38. The second-order valence-electron chi connectivity index (χ2n) is 8.03. The van der Waals surface area contributed by atoms with Crippen molar-refractivity contribution in [1.29, 1.82) is 0 Å². The molecule has 0 radical (unpaired) electrons. The smallest absolute Gasteiger partial charge is 0.187 e. The number of hydrogen-bond donors (Lipinski definition) is 0. The molecular formula is C26H29NO5. The maximum atomic E-state index is 13.4. The van der Waals surface area contributed by atoms with Gasteiger partial charge in [-0.2, -0.15) is 0 Å². The van der Waals surface area contributed by atoms with Crippen LogP contribution in [0.3, 0.4) is 0 Å². The summed E-state index contributed by atoms with van der Waals surface area (Å²) in [4.78, 5) is 15.8. The molecule has 4 rings (SSSR count). The van der Waals surface area contributed by atoms with Crippen LogP contribution in [0.25, 0.3) is 12.2 Å². The highest BCUT2D eigenvalue weighted by Gasteiger charge is 2.35. The zero-order valence-corrected chi connectivity index (χ0v) is 19.0. The van der Waals surface area contributed by atoms with Crippen LogP contribution in [0, 0.1) is 0 Å². The molecule has 2 aromatic carbocycles. The van der Waals surface area contributed by atoms with Gasteiger partial charge in [0.1, 0.15) is 0 Å². The van der Waals surface area contributed by atoms with Crippen LogP contribution in [-0.4, -0.2) is 58.3 Å². The molecule has 0 spiro atoms. The van der Waals surface area contributed by atoms with E-state index >= 15 is 0 Å². The Morgan fingerprint density at radius 2 is 1.16 bits per heavy atom. The standard InChI is InChI=1S/C26H29NO5/c1-29-22-9-5-17(13-24(22)31-3)11-19-15-27(21-7-8-21)16-20(26(19)28)12-18-6-10-23(30-2)25(14-18)32-4/h5-6,9-14,21H,7-8,15-16H2,1-4H3/b19-11+,20-12+. The van der Waals surface area contributed by atoms with E-state index < -0.39 is 0 Å². The Labute approximate surface area is 189 Å². The highest BCUT2D eigenvalue weighted by Crippen LogP contribution is 2.34. The van der Waals surface area contributed by atoms with Gasteiger partial charge in [0.05, 0.1) is 28.4 Å². The summed E-state index contributed by atoms with van der Waals surface area (Å²) in [7, 11) is 6.44. The summed E-state index contributed by atoms with van der Waals surface area (Å²) < 4.78 is 21.5. The Kier molecular flexibility index (Phi) is 6.51. The van der Waals surface area contributed by atoms with Gasteiger partial charge in [0.2, 0.25) is 0 Å². The average molecular weight is 436 g/mol. The number of carbonyl (C=O) groups excluding carboxylic acids is 1. The zero-order chi connectivity index (χ0) is 22.7. The fourth-order valence-electron chi connectivity index (χ4n) is 4.05. The Bertz CT molecular complexity index is 990. The van der Waals surface area contributed by atoms with Gasteiger partial charge in [0, 0.05) is 30.3 Å². The van der Waals surface area contributed by atoms with Gasteiger partial charge in [-0.3, -0.25) is 9.69 Å². The predicted molar refractivity (Wildman–Crippen MR) is 125 cm³/mol. The third-order valence-electron chi connectivity index (χ3n) is 5.89. The van der Waals surface area contributed by atoms with E-state index in [4.69, 9.17) is 18.9 Å². The number of ketones is 1. The van der Waals surface area contributed by atoms with E-state index in [1.165, 1.54) is 12.8 Å². The molecule has 1 aliphatic heterocycles. The van der Waals surface area contributed by atoms with Crippen LogP contribution in [0.2, 0.25) is 0 Å². The molecule has 0 bridgehead atoms. The van der Waals surface area contributed by atoms with Gasteiger partial charge in [-0.15, -0.1) is 0 Å². The molecule has 32 heavy (non-hydrogen) atoms. The highest BCUT2D eigenvalue weighted by atomic mass is 16.5. The SMILES string of the molecule is COc1ccc(/C=C2\CN(C3CC3)C/C(=C\c3ccc(OC)c(OC)c3)C2=O)cc1OC. The number of likely N-dealkylation sites (tertiary alicyclic amines) is 1. The first kappa shape index (κ1) is 22.0. The van der Waals surface area contributed by atoms with Crippen LogP contribution >= 0.6 is 0 Å². The number of piperidine rings is 1. The number of carbonyl (C=O) groups is 1. The topological polar surface area (TPSA) is 57.2 Å². The van der Waals surface area contributed by atoms with Crippen molar-refractivity contribution < 1.29 is 23.7 Å². The van der Waals surface area contributed by atoms with Crippen LogP contribution in [0.15, 0.2) is 47.5 Å². The first-order chi connectivity index (χ1) is 15.6. The number of rotatable bonds is 7. The fourth-order valence-corrected chi connectivity index (χ4v) is 4.05. The van der Waals surface area contributed by atoms with Gasteiger partial charge in [-0.25, -0.2) is 0 Å². The maximum Gasteiger partial charge on any atom is 0.187 e. The quantitative estimate of drug-likeness (QED) is 0.607. The molecule has 0 N–H and O–H groups in total. The maximum absolute atomic E-state index is 13.4. The largest absolute Gasteiger partial charge is 0.493 e. The number of ether oxygens (including phenoxy) is 4. The summed E-state index contributed by atoms with van der Waals surface area (Å²) >= 11 is 0. The lowest BCUT2D eigenvalue weighted by molar-refractivity contribution is -0.113. The summed E-state index contributed by atoms with van der Waals surface area (Å²) in [5, 5.41) is 0. The molecular weight excluding hydrogens is 406 g/mol. The zero-order valence-electron chi connectivity index (χ0n) is 19.0. The minimum Gasteiger partial charge on any atom is -0.493 e. The molecule has 2 aromatic rings. The third-order valence-corrected chi connectivity index (χ3v) is 5.89. The van der Waals surface area contributed by atoms with E-state index in [1.807, 2.05) is 48.6 Å². The highest BCUT2D eigenvalue weighted by molar-refractivity contribution is 6.14. The first-order valence-corrected chi connectivity index (χ1v) is 10.7.